The maximum atomic E-state index is 6.19. The minimum absolute atomic E-state index is 0.0521. The van der Waals surface area contributed by atoms with Crippen molar-refractivity contribution in [1.82, 2.24) is 0 Å². The molecule has 0 bridgehead atoms. The summed E-state index contributed by atoms with van der Waals surface area (Å²) in [6, 6.07) is 18.6. The van der Waals surface area contributed by atoms with Crippen LogP contribution >= 0.6 is 0 Å². The smallest absolute Gasteiger partial charge is 0.0335 e. The maximum absolute atomic E-state index is 6.19. The third kappa shape index (κ3) is 3.05. The van der Waals surface area contributed by atoms with Crippen molar-refractivity contribution in [3.63, 3.8) is 0 Å². The van der Waals surface area contributed by atoms with Crippen LogP contribution in [0.4, 0.5) is 0 Å². The summed E-state index contributed by atoms with van der Waals surface area (Å²) in [6.45, 7) is 3.74. The molecule has 2 aromatic carbocycles. The molecule has 0 aromatic heterocycles. The van der Waals surface area contributed by atoms with Gasteiger partial charge in [-0.05, 0) is 23.1 Å². The summed E-state index contributed by atoms with van der Waals surface area (Å²) in [6.07, 6.45) is 2.71. The Bertz CT molecular complexity index is 471. The molecule has 86 valence electrons. The minimum Gasteiger partial charge on any atom is -0.324 e. The standard InChI is InChI=1S/C16H17N/c1-2-13-8-10-15(11-9-13)16(17)12-14-6-4-3-5-7-14/h2-11,16H,1,12,17H2. The lowest BCUT2D eigenvalue weighted by molar-refractivity contribution is 0.722. The third-order valence-electron chi connectivity index (χ3n) is 2.90. The molecule has 2 aromatic rings. The zero-order valence-corrected chi connectivity index (χ0v) is 9.84. The molecule has 0 radical (unpaired) electrons. The van der Waals surface area contributed by atoms with Crippen LogP contribution in [-0.2, 0) is 6.42 Å². The maximum Gasteiger partial charge on any atom is 0.0335 e. The van der Waals surface area contributed by atoms with Crippen LogP contribution in [0.25, 0.3) is 6.08 Å². The van der Waals surface area contributed by atoms with Gasteiger partial charge < -0.3 is 5.73 Å². The highest BCUT2D eigenvalue weighted by atomic mass is 14.6. The Labute approximate surface area is 103 Å². The van der Waals surface area contributed by atoms with Gasteiger partial charge in [0.25, 0.3) is 0 Å². The number of rotatable bonds is 4. The minimum atomic E-state index is 0.0521. The Morgan fingerprint density at radius 2 is 1.65 bits per heavy atom. The predicted octanol–water partition coefficient (Wildman–Crippen LogP) is 3.57. The van der Waals surface area contributed by atoms with Gasteiger partial charge in [-0.15, -0.1) is 0 Å². The van der Waals surface area contributed by atoms with Gasteiger partial charge in [0, 0.05) is 6.04 Å². The first-order valence-electron chi connectivity index (χ1n) is 5.81. The van der Waals surface area contributed by atoms with Crippen LogP contribution in [0.1, 0.15) is 22.7 Å². The van der Waals surface area contributed by atoms with E-state index in [4.69, 9.17) is 5.73 Å². The Kier molecular flexibility index (Phi) is 3.73. The summed E-state index contributed by atoms with van der Waals surface area (Å²) in [5.41, 5.74) is 9.76. The van der Waals surface area contributed by atoms with Crippen LogP contribution in [0.3, 0.4) is 0 Å². The highest BCUT2D eigenvalue weighted by Gasteiger charge is 2.06. The fourth-order valence-electron chi connectivity index (χ4n) is 1.87. The Morgan fingerprint density at radius 3 is 2.24 bits per heavy atom. The molecule has 1 nitrogen and oxygen atoms in total. The van der Waals surface area contributed by atoms with E-state index < -0.39 is 0 Å². The van der Waals surface area contributed by atoms with Crippen molar-refractivity contribution >= 4 is 6.08 Å². The zero-order valence-electron chi connectivity index (χ0n) is 9.84. The Balaban J connectivity index is 2.09. The van der Waals surface area contributed by atoms with E-state index in [0.717, 1.165) is 12.0 Å². The van der Waals surface area contributed by atoms with Crippen LogP contribution in [0.15, 0.2) is 61.2 Å². The second-order valence-corrected chi connectivity index (χ2v) is 4.17. The molecule has 2 rings (SSSR count). The Morgan fingerprint density at radius 1 is 1.00 bits per heavy atom. The lowest BCUT2D eigenvalue weighted by Gasteiger charge is -2.12. The first kappa shape index (κ1) is 11.6. The Hall–Kier alpha value is -1.86. The number of hydrogen-bond donors (Lipinski definition) is 1. The van der Waals surface area contributed by atoms with E-state index in [0.29, 0.717) is 0 Å². The van der Waals surface area contributed by atoms with Gasteiger partial charge in [-0.2, -0.15) is 0 Å². The molecule has 0 aliphatic carbocycles. The molecule has 0 saturated heterocycles. The molecule has 1 heteroatoms. The van der Waals surface area contributed by atoms with Gasteiger partial charge >= 0.3 is 0 Å². The lowest BCUT2D eigenvalue weighted by atomic mass is 9.99. The van der Waals surface area contributed by atoms with Gasteiger partial charge in [-0.25, -0.2) is 0 Å². The van der Waals surface area contributed by atoms with Crippen molar-refractivity contribution < 1.29 is 0 Å². The van der Waals surface area contributed by atoms with E-state index in [1.165, 1.54) is 11.1 Å². The SMILES string of the molecule is C=Cc1ccc(C(N)Cc2ccccc2)cc1. The molecule has 0 aliphatic rings. The largest absolute Gasteiger partial charge is 0.324 e. The van der Waals surface area contributed by atoms with Crippen molar-refractivity contribution in [2.24, 2.45) is 5.73 Å². The third-order valence-corrected chi connectivity index (χ3v) is 2.90. The molecule has 0 amide bonds. The van der Waals surface area contributed by atoms with Gasteiger partial charge in [-0.1, -0.05) is 67.3 Å². The summed E-state index contributed by atoms with van der Waals surface area (Å²) >= 11 is 0. The first-order chi connectivity index (χ1) is 8.29. The molecule has 2 N–H and O–H groups in total. The van der Waals surface area contributed by atoms with Crippen LogP contribution in [0, 0.1) is 0 Å². The second kappa shape index (κ2) is 5.46. The van der Waals surface area contributed by atoms with E-state index in [1.54, 1.807) is 0 Å². The summed E-state index contributed by atoms with van der Waals surface area (Å²) in [7, 11) is 0. The fourth-order valence-corrected chi connectivity index (χ4v) is 1.87. The zero-order chi connectivity index (χ0) is 12.1. The van der Waals surface area contributed by atoms with Gasteiger partial charge in [-0.3, -0.25) is 0 Å². The van der Waals surface area contributed by atoms with Crippen molar-refractivity contribution in [2.75, 3.05) is 0 Å². The van der Waals surface area contributed by atoms with Gasteiger partial charge in [0.05, 0.1) is 0 Å². The lowest BCUT2D eigenvalue weighted by Crippen LogP contribution is -2.13. The molecule has 0 aliphatic heterocycles. The fraction of sp³-hybridized carbons (Fsp3) is 0.125. The average Bonchev–Trinajstić information content (AvgIpc) is 2.40. The van der Waals surface area contributed by atoms with Crippen LogP contribution < -0.4 is 5.73 Å². The average molecular weight is 223 g/mol. The van der Waals surface area contributed by atoms with Crippen molar-refractivity contribution in [3.05, 3.63) is 77.9 Å². The first-order valence-corrected chi connectivity index (χ1v) is 5.81. The molecular weight excluding hydrogens is 206 g/mol. The monoisotopic (exact) mass is 223 g/mol. The van der Waals surface area contributed by atoms with E-state index in [9.17, 15) is 0 Å². The topological polar surface area (TPSA) is 26.0 Å². The van der Waals surface area contributed by atoms with E-state index >= 15 is 0 Å². The highest BCUT2D eigenvalue weighted by molar-refractivity contribution is 5.47. The second-order valence-electron chi connectivity index (χ2n) is 4.17. The van der Waals surface area contributed by atoms with E-state index in [2.05, 4.69) is 30.8 Å². The van der Waals surface area contributed by atoms with Crippen LogP contribution in [-0.4, -0.2) is 0 Å². The summed E-state index contributed by atoms with van der Waals surface area (Å²) in [5, 5.41) is 0. The van der Waals surface area contributed by atoms with Gasteiger partial charge in [0.15, 0.2) is 0 Å². The number of nitrogens with two attached hydrogens (primary N) is 1. The van der Waals surface area contributed by atoms with Crippen molar-refractivity contribution in [2.45, 2.75) is 12.5 Å². The number of hydrogen-bond acceptors (Lipinski definition) is 1. The van der Waals surface area contributed by atoms with E-state index in [-0.39, 0.29) is 6.04 Å². The summed E-state index contributed by atoms with van der Waals surface area (Å²) < 4.78 is 0. The summed E-state index contributed by atoms with van der Waals surface area (Å²) in [5.74, 6) is 0. The summed E-state index contributed by atoms with van der Waals surface area (Å²) in [4.78, 5) is 0. The van der Waals surface area contributed by atoms with Crippen molar-refractivity contribution in [1.29, 1.82) is 0 Å². The normalized spacial score (nSPS) is 12.1. The quantitative estimate of drug-likeness (QED) is 0.842. The number of benzene rings is 2. The molecule has 0 spiro atoms. The molecule has 1 atom stereocenters. The highest BCUT2D eigenvalue weighted by Crippen LogP contribution is 2.16. The molecule has 0 heterocycles. The van der Waals surface area contributed by atoms with E-state index in [1.807, 2.05) is 36.4 Å². The molecule has 17 heavy (non-hydrogen) atoms. The van der Waals surface area contributed by atoms with Crippen LogP contribution in [0.2, 0.25) is 0 Å². The van der Waals surface area contributed by atoms with Gasteiger partial charge in [0.1, 0.15) is 0 Å². The molecule has 0 saturated carbocycles. The molecule has 0 fully saturated rings. The van der Waals surface area contributed by atoms with Crippen molar-refractivity contribution in [3.8, 4) is 0 Å². The predicted molar refractivity (Wildman–Crippen MR) is 73.6 cm³/mol. The molecular formula is C16H17N. The molecule has 1 unspecified atom stereocenters. The van der Waals surface area contributed by atoms with Gasteiger partial charge in [0.2, 0.25) is 0 Å². The van der Waals surface area contributed by atoms with Crippen LogP contribution in [0.5, 0.6) is 0 Å².